The molecule has 0 atom stereocenters. The van der Waals surface area contributed by atoms with Gasteiger partial charge in [0.25, 0.3) is 10.0 Å². The number of aryl methyl sites for hydroxylation is 1. The van der Waals surface area contributed by atoms with E-state index < -0.39 is 15.8 Å². The third-order valence-corrected chi connectivity index (χ3v) is 5.28. The van der Waals surface area contributed by atoms with E-state index in [4.69, 9.17) is 0 Å². The second kappa shape index (κ2) is 5.54. The van der Waals surface area contributed by atoms with Crippen molar-refractivity contribution in [3.05, 3.63) is 53.7 Å². The number of halogens is 1. The molecule has 0 radical (unpaired) electrons. The Bertz CT molecular complexity index is 885. The summed E-state index contributed by atoms with van der Waals surface area (Å²) in [6, 6.07) is 10.1. The van der Waals surface area contributed by atoms with Gasteiger partial charge in [0.15, 0.2) is 0 Å². The zero-order valence-electron chi connectivity index (χ0n) is 11.5. The number of nitrogens with one attached hydrogen (secondary N) is 1. The number of thiophene rings is 1. The van der Waals surface area contributed by atoms with E-state index in [0.717, 1.165) is 17.0 Å². The second-order valence-electron chi connectivity index (χ2n) is 4.58. The molecular formula is C14H12FN3O2S2. The number of anilines is 1. The third kappa shape index (κ3) is 2.88. The molecule has 3 aromatic rings. The molecule has 1 aromatic carbocycles. The maximum Gasteiger partial charge on any atom is 0.263 e. The lowest BCUT2D eigenvalue weighted by Crippen LogP contribution is -2.15. The Kier molecular flexibility index (Phi) is 3.71. The number of sulfonamides is 1. The van der Waals surface area contributed by atoms with Crippen molar-refractivity contribution in [2.24, 2.45) is 7.05 Å². The molecule has 0 bridgehead atoms. The number of hydrogen-bond donors (Lipinski definition) is 1. The van der Waals surface area contributed by atoms with Crippen LogP contribution in [0.1, 0.15) is 0 Å². The van der Waals surface area contributed by atoms with Crippen LogP contribution in [-0.2, 0) is 17.1 Å². The molecule has 0 fully saturated rings. The highest BCUT2D eigenvalue weighted by Crippen LogP contribution is 2.26. The molecule has 0 aliphatic rings. The van der Waals surface area contributed by atoms with Crippen LogP contribution in [0.3, 0.4) is 0 Å². The summed E-state index contributed by atoms with van der Waals surface area (Å²) in [7, 11) is -2.13. The molecule has 0 aliphatic carbocycles. The Morgan fingerprint density at radius 3 is 2.59 bits per heavy atom. The first-order valence-electron chi connectivity index (χ1n) is 6.32. The van der Waals surface area contributed by atoms with Crippen molar-refractivity contribution < 1.29 is 12.8 Å². The Morgan fingerprint density at radius 2 is 1.95 bits per heavy atom. The van der Waals surface area contributed by atoms with Gasteiger partial charge in [-0.1, -0.05) is 6.07 Å². The van der Waals surface area contributed by atoms with E-state index in [1.54, 1.807) is 13.1 Å². The van der Waals surface area contributed by atoms with E-state index in [1.807, 2.05) is 17.5 Å². The Balaban J connectivity index is 1.91. The van der Waals surface area contributed by atoms with Crippen molar-refractivity contribution in [2.75, 3.05) is 4.72 Å². The fourth-order valence-electron chi connectivity index (χ4n) is 1.92. The summed E-state index contributed by atoms with van der Waals surface area (Å²) in [5, 5.41) is 6.21. The van der Waals surface area contributed by atoms with Crippen LogP contribution < -0.4 is 4.72 Å². The molecule has 0 saturated heterocycles. The zero-order valence-corrected chi connectivity index (χ0v) is 13.2. The molecule has 2 heterocycles. The molecule has 2 aromatic heterocycles. The van der Waals surface area contributed by atoms with Crippen molar-refractivity contribution >= 4 is 27.2 Å². The van der Waals surface area contributed by atoms with Gasteiger partial charge < -0.3 is 0 Å². The molecule has 0 aliphatic heterocycles. The van der Waals surface area contributed by atoms with E-state index in [2.05, 4.69) is 9.82 Å². The summed E-state index contributed by atoms with van der Waals surface area (Å²) in [4.78, 5) is 0.940. The van der Waals surface area contributed by atoms with Gasteiger partial charge in [-0.3, -0.25) is 9.40 Å². The molecule has 0 unspecified atom stereocenters. The molecule has 22 heavy (non-hydrogen) atoms. The number of benzene rings is 1. The fraction of sp³-hybridized carbons (Fsp3) is 0.0714. The van der Waals surface area contributed by atoms with Crippen LogP contribution in [0.4, 0.5) is 10.2 Å². The number of nitrogens with zero attached hydrogens (tertiary/aromatic N) is 2. The summed E-state index contributed by atoms with van der Waals surface area (Å²) in [5.74, 6) is -0.146. The number of hydrogen-bond acceptors (Lipinski definition) is 4. The van der Waals surface area contributed by atoms with Gasteiger partial charge in [-0.15, -0.1) is 11.3 Å². The van der Waals surface area contributed by atoms with Gasteiger partial charge in [0.2, 0.25) is 0 Å². The van der Waals surface area contributed by atoms with Crippen LogP contribution >= 0.6 is 11.3 Å². The maximum atomic E-state index is 12.9. The second-order valence-corrected chi connectivity index (χ2v) is 7.21. The largest absolute Gasteiger partial charge is 0.264 e. The SMILES string of the molecule is Cn1nc(-c2cccs2)cc1NS(=O)(=O)c1ccc(F)cc1. The Morgan fingerprint density at radius 1 is 1.23 bits per heavy atom. The summed E-state index contributed by atoms with van der Waals surface area (Å²) in [6.45, 7) is 0. The standard InChI is InChI=1S/C14H12FN3O2S2/c1-18-14(9-12(16-18)13-3-2-8-21-13)17-22(19,20)11-6-4-10(15)5-7-11/h2-9,17H,1H3. The Labute approximate surface area is 131 Å². The van der Waals surface area contributed by atoms with Gasteiger partial charge in [-0.2, -0.15) is 5.10 Å². The van der Waals surface area contributed by atoms with Crippen molar-refractivity contribution in [1.29, 1.82) is 0 Å². The Hall–Kier alpha value is -2.19. The lowest BCUT2D eigenvalue weighted by molar-refractivity contribution is 0.599. The lowest BCUT2D eigenvalue weighted by Gasteiger charge is -2.07. The first-order valence-corrected chi connectivity index (χ1v) is 8.68. The van der Waals surface area contributed by atoms with Crippen molar-refractivity contribution in [3.8, 4) is 10.6 Å². The molecule has 3 rings (SSSR count). The predicted molar refractivity (Wildman–Crippen MR) is 83.7 cm³/mol. The van der Waals surface area contributed by atoms with Crippen LogP contribution in [0.2, 0.25) is 0 Å². The average molecular weight is 337 g/mol. The molecule has 114 valence electrons. The molecule has 0 saturated carbocycles. The number of aromatic nitrogens is 2. The quantitative estimate of drug-likeness (QED) is 0.796. The highest BCUT2D eigenvalue weighted by Gasteiger charge is 2.17. The minimum absolute atomic E-state index is 0.00669. The molecular weight excluding hydrogens is 325 g/mol. The summed E-state index contributed by atoms with van der Waals surface area (Å²) >= 11 is 1.52. The average Bonchev–Trinajstić information content (AvgIpc) is 3.10. The van der Waals surface area contributed by atoms with E-state index in [0.29, 0.717) is 11.5 Å². The molecule has 5 nitrogen and oxygen atoms in total. The summed E-state index contributed by atoms with van der Waals surface area (Å²) < 4.78 is 41.4. The van der Waals surface area contributed by atoms with Gasteiger partial charge in [-0.25, -0.2) is 12.8 Å². The van der Waals surface area contributed by atoms with E-state index in [-0.39, 0.29) is 4.90 Å². The minimum Gasteiger partial charge on any atom is -0.264 e. The zero-order chi connectivity index (χ0) is 15.7. The number of rotatable bonds is 4. The summed E-state index contributed by atoms with van der Waals surface area (Å²) in [6.07, 6.45) is 0. The smallest absolute Gasteiger partial charge is 0.263 e. The van der Waals surface area contributed by atoms with Crippen LogP contribution in [0.15, 0.2) is 52.7 Å². The van der Waals surface area contributed by atoms with Crippen molar-refractivity contribution in [1.82, 2.24) is 9.78 Å². The molecule has 1 N–H and O–H groups in total. The van der Waals surface area contributed by atoms with Gasteiger partial charge in [0, 0.05) is 13.1 Å². The molecule has 0 spiro atoms. The highest BCUT2D eigenvalue weighted by atomic mass is 32.2. The maximum absolute atomic E-state index is 12.9. The van der Waals surface area contributed by atoms with Gasteiger partial charge in [0.1, 0.15) is 17.3 Å². The van der Waals surface area contributed by atoms with Gasteiger partial charge in [0.05, 0.1) is 9.77 Å². The van der Waals surface area contributed by atoms with E-state index in [9.17, 15) is 12.8 Å². The highest BCUT2D eigenvalue weighted by molar-refractivity contribution is 7.92. The summed E-state index contributed by atoms with van der Waals surface area (Å²) in [5.41, 5.74) is 0.689. The predicted octanol–water partition coefficient (Wildman–Crippen LogP) is 3.09. The van der Waals surface area contributed by atoms with E-state index >= 15 is 0 Å². The minimum atomic E-state index is -3.78. The topological polar surface area (TPSA) is 64.0 Å². The van der Waals surface area contributed by atoms with Crippen LogP contribution in [0, 0.1) is 5.82 Å². The van der Waals surface area contributed by atoms with Gasteiger partial charge >= 0.3 is 0 Å². The molecule has 0 amide bonds. The monoisotopic (exact) mass is 337 g/mol. The van der Waals surface area contributed by atoms with Crippen LogP contribution in [0.5, 0.6) is 0 Å². The first-order chi connectivity index (χ1) is 10.5. The van der Waals surface area contributed by atoms with Crippen LogP contribution in [0.25, 0.3) is 10.6 Å². The third-order valence-electron chi connectivity index (χ3n) is 3.02. The first kappa shape index (κ1) is 14.7. The van der Waals surface area contributed by atoms with Crippen molar-refractivity contribution in [2.45, 2.75) is 4.90 Å². The normalized spacial score (nSPS) is 11.5. The lowest BCUT2D eigenvalue weighted by atomic mass is 10.3. The van der Waals surface area contributed by atoms with Crippen molar-refractivity contribution in [3.63, 3.8) is 0 Å². The molecule has 8 heteroatoms. The van der Waals surface area contributed by atoms with Crippen LogP contribution in [-0.4, -0.2) is 18.2 Å². The fourth-order valence-corrected chi connectivity index (χ4v) is 3.68. The van der Waals surface area contributed by atoms with E-state index in [1.165, 1.54) is 28.2 Å². The van der Waals surface area contributed by atoms with Gasteiger partial charge in [-0.05, 0) is 35.7 Å².